The summed E-state index contributed by atoms with van der Waals surface area (Å²) in [7, 11) is 0. The maximum Gasteiger partial charge on any atom is 0.228 e. The van der Waals surface area contributed by atoms with Crippen molar-refractivity contribution < 1.29 is 9.53 Å². The molecule has 1 amide bonds. The molecule has 4 aromatic rings. The van der Waals surface area contributed by atoms with Gasteiger partial charge in [-0.05, 0) is 77.3 Å². The van der Waals surface area contributed by atoms with Gasteiger partial charge >= 0.3 is 0 Å². The molecule has 5 rings (SSSR count). The first kappa shape index (κ1) is 23.6. The molecule has 1 aliphatic heterocycles. The van der Waals surface area contributed by atoms with E-state index in [-0.39, 0.29) is 12.3 Å². The second kappa shape index (κ2) is 11.1. The van der Waals surface area contributed by atoms with Gasteiger partial charge in [0.25, 0.3) is 0 Å². The minimum atomic E-state index is -0.0628. The highest BCUT2D eigenvalue weighted by Crippen LogP contribution is 2.31. The number of hydrogen-bond acceptors (Lipinski definition) is 4. The first-order valence-corrected chi connectivity index (χ1v) is 12.9. The number of anilines is 1. The van der Waals surface area contributed by atoms with Gasteiger partial charge in [0.15, 0.2) is 0 Å². The van der Waals surface area contributed by atoms with Crippen molar-refractivity contribution in [1.29, 1.82) is 0 Å². The van der Waals surface area contributed by atoms with E-state index in [1.54, 1.807) is 0 Å². The number of benzene rings is 3. The molecule has 1 fully saturated rings. The van der Waals surface area contributed by atoms with Crippen molar-refractivity contribution >= 4 is 38.4 Å². The predicted octanol–water partition coefficient (Wildman–Crippen LogP) is 5.65. The Morgan fingerprint density at radius 3 is 2.46 bits per heavy atom. The van der Waals surface area contributed by atoms with E-state index in [0.29, 0.717) is 6.61 Å². The maximum absolute atomic E-state index is 12.8. The smallest absolute Gasteiger partial charge is 0.228 e. The topological polar surface area (TPSA) is 59.4 Å². The van der Waals surface area contributed by atoms with Crippen LogP contribution >= 0.6 is 15.9 Å². The molecule has 0 aliphatic carbocycles. The zero-order valence-corrected chi connectivity index (χ0v) is 21.2. The van der Waals surface area contributed by atoms with Crippen LogP contribution < -0.4 is 10.1 Å². The average Bonchev–Trinajstić information content (AvgIpc) is 3.51. The fraction of sp³-hybridized carbons (Fsp3) is 0.286. The molecule has 0 radical (unpaired) electrons. The third kappa shape index (κ3) is 5.92. The van der Waals surface area contributed by atoms with Crippen LogP contribution in [0.3, 0.4) is 0 Å². The van der Waals surface area contributed by atoms with Gasteiger partial charge in [0.05, 0.1) is 29.6 Å². The number of aromatic nitrogens is 2. The summed E-state index contributed by atoms with van der Waals surface area (Å²) in [6, 6.07) is 23.7. The van der Waals surface area contributed by atoms with E-state index >= 15 is 0 Å². The molecule has 0 unspecified atom stereocenters. The Kier molecular flexibility index (Phi) is 7.45. The summed E-state index contributed by atoms with van der Waals surface area (Å²) < 4.78 is 8.63. The molecule has 7 heteroatoms. The fourth-order valence-electron chi connectivity index (χ4n) is 4.52. The summed E-state index contributed by atoms with van der Waals surface area (Å²) in [4.78, 5) is 15.3. The Labute approximate surface area is 214 Å². The van der Waals surface area contributed by atoms with Gasteiger partial charge in [-0.15, -0.1) is 0 Å². The molecule has 1 aliphatic rings. The van der Waals surface area contributed by atoms with Gasteiger partial charge in [0, 0.05) is 6.54 Å². The van der Waals surface area contributed by atoms with E-state index in [9.17, 15) is 4.79 Å². The molecule has 35 heavy (non-hydrogen) atoms. The molecule has 0 saturated carbocycles. The van der Waals surface area contributed by atoms with Crippen LogP contribution in [-0.2, 0) is 24.4 Å². The SMILES string of the molecule is O=C(Cc1ccc(OCc2ccccc2)cc1)Nc1cccc2c1c(Br)nn2CCN1CCCC1. The number of carbonyl (C=O) groups excluding carboxylic acids is 1. The third-order valence-corrected chi connectivity index (χ3v) is 6.93. The molecule has 6 nitrogen and oxygen atoms in total. The lowest BCUT2D eigenvalue weighted by molar-refractivity contribution is -0.115. The van der Waals surface area contributed by atoms with Crippen molar-refractivity contribution in [1.82, 2.24) is 14.7 Å². The largest absolute Gasteiger partial charge is 0.489 e. The van der Waals surface area contributed by atoms with E-state index < -0.39 is 0 Å². The van der Waals surface area contributed by atoms with Crippen LogP contribution in [0.25, 0.3) is 10.9 Å². The summed E-state index contributed by atoms with van der Waals surface area (Å²) >= 11 is 3.61. The summed E-state index contributed by atoms with van der Waals surface area (Å²) in [5, 5.41) is 8.71. The van der Waals surface area contributed by atoms with E-state index in [1.165, 1.54) is 25.9 Å². The van der Waals surface area contributed by atoms with Gasteiger partial charge in [-0.1, -0.05) is 48.5 Å². The number of amides is 1. The van der Waals surface area contributed by atoms with Gasteiger partial charge < -0.3 is 15.0 Å². The number of ether oxygens (including phenoxy) is 1. The highest BCUT2D eigenvalue weighted by molar-refractivity contribution is 9.10. The third-order valence-electron chi connectivity index (χ3n) is 6.37. The quantitative estimate of drug-likeness (QED) is 0.302. The standard InChI is InChI=1S/C28H29BrN4O2/c29-28-27-24(9-6-10-25(27)33(31-28)18-17-32-15-4-5-16-32)30-26(34)19-21-11-13-23(14-12-21)35-20-22-7-2-1-3-8-22/h1-3,6-14H,4-5,15-20H2,(H,30,34). The number of likely N-dealkylation sites (tertiary alicyclic amines) is 1. The van der Waals surface area contributed by atoms with Crippen LogP contribution in [0, 0.1) is 0 Å². The van der Waals surface area contributed by atoms with Crippen LogP contribution in [0.1, 0.15) is 24.0 Å². The molecule has 180 valence electrons. The number of hydrogen-bond donors (Lipinski definition) is 1. The number of nitrogens with one attached hydrogen (secondary N) is 1. The lowest BCUT2D eigenvalue weighted by Gasteiger charge is -2.14. The van der Waals surface area contributed by atoms with Crippen LogP contribution in [0.2, 0.25) is 0 Å². The van der Waals surface area contributed by atoms with Gasteiger partial charge in [0.2, 0.25) is 5.91 Å². The Morgan fingerprint density at radius 1 is 0.914 bits per heavy atom. The van der Waals surface area contributed by atoms with Gasteiger partial charge in [-0.25, -0.2) is 0 Å². The number of nitrogens with zero attached hydrogens (tertiary/aromatic N) is 3. The summed E-state index contributed by atoms with van der Waals surface area (Å²) in [6.45, 7) is 4.68. The summed E-state index contributed by atoms with van der Waals surface area (Å²) in [5.74, 6) is 0.722. The Hall–Kier alpha value is -3.16. The number of carbonyl (C=O) groups is 1. The molecular formula is C28H29BrN4O2. The van der Waals surface area contributed by atoms with Crippen LogP contribution in [0.4, 0.5) is 5.69 Å². The van der Waals surface area contributed by atoms with Gasteiger partial charge in [-0.3, -0.25) is 9.48 Å². The normalized spacial score (nSPS) is 13.9. The summed E-state index contributed by atoms with van der Waals surface area (Å²) in [6.07, 6.45) is 2.85. The van der Waals surface area contributed by atoms with Crippen LogP contribution in [0.5, 0.6) is 5.75 Å². The second-order valence-electron chi connectivity index (χ2n) is 8.91. The number of halogens is 1. The number of rotatable bonds is 9. The molecule has 0 spiro atoms. The lowest BCUT2D eigenvalue weighted by atomic mass is 10.1. The van der Waals surface area contributed by atoms with Crippen LogP contribution in [0.15, 0.2) is 77.4 Å². The fourth-order valence-corrected chi connectivity index (χ4v) is 5.13. The van der Waals surface area contributed by atoms with Crippen molar-refractivity contribution in [2.45, 2.75) is 32.4 Å². The van der Waals surface area contributed by atoms with Crippen molar-refractivity contribution in [2.24, 2.45) is 0 Å². The van der Waals surface area contributed by atoms with Crippen molar-refractivity contribution in [3.05, 3.63) is 88.5 Å². The Morgan fingerprint density at radius 2 is 1.69 bits per heavy atom. The maximum atomic E-state index is 12.8. The van der Waals surface area contributed by atoms with Crippen LogP contribution in [-0.4, -0.2) is 40.2 Å². The van der Waals surface area contributed by atoms with Gasteiger partial charge in [0.1, 0.15) is 17.0 Å². The number of fused-ring (bicyclic) bond motifs is 1. The van der Waals surface area contributed by atoms with Gasteiger partial charge in [-0.2, -0.15) is 5.10 Å². The van der Waals surface area contributed by atoms with E-state index in [2.05, 4.69) is 32.2 Å². The lowest BCUT2D eigenvalue weighted by Crippen LogP contribution is -2.24. The Bertz CT molecular complexity index is 1280. The van der Waals surface area contributed by atoms with Crippen molar-refractivity contribution in [3.63, 3.8) is 0 Å². The monoisotopic (exact) mass is 532 g/mol. The highest BCUT2D eigenvalue weighted by atomic mass is 79.9. The van der Waals surface area contributed by atoms with Crippen molar-refractivity contribution in [3.8, 4) is 5.75 Å². The molecule has 1 N–H and O–H groups in total. The summed E-state index contributed by atoms with van der Waals surface area (Å²) in [5.41, 5.74) is 3.85. The molecule has 0 bridgehead atoms. The second-order valence-corrected chi connectivity index (χ2v) is 9.66. The van der Waals surface area contributed by atoms with E-state index in [0.717, 1.165) is 51.2 Å². The highest BCUT2D eigenvalue weighted by Gasteiger charge is 2.16. The molecule has 3 aromatic carbocycles. The molecule has 1 saturated heterocycles. The van der Waals surface area contributed by atoms with E-state index in [4.69, 9.17) is 9.84 Å². The first-order chi connectivity index (χ1) is 17.2. The average molecular weight is 533 g/mol. The Balaban J connectivity index is 1.20. The first-order valence-electron chi connectivity index (χ1n) is 12.1. The molecular weight excluding hydrogens is 504 g/mol. The van der Waals surface area contributed by atoms with E-state index in [1.807, 2.05) is 71.4 Å². The minimum absolute atomic E-state index is 0.0628. The molecule has 0 atom stereocenters. The van der Waals surface area contributed by atoms with Crippen molar-refractivity contribution in [2.75, 3.05) is 25.0 Å². The molecule has 1 aromatic heterocycles. The zero-order valence-electron chi connectivity index (χ0n) is 19.6. The minimum Gasteiger partial charge on any atom is -0.489 e. The zero-order chi connectivity index (χ0) is 24.0. The predicted molar refractivity (Wildman–Crippen MR) is 143 cm³/mol. The molecule has 2 heterocycles.